The molecule has 0 spiro atoms. The summed E-state index contributed by atoms with van der Waals surface area (Å²) in [6.45, 7) is 8.40. The summed E-state index contributed by atoms with van der Waals surface area (Å²) in [4.78, 5) is 29.9. The van der Waals surface area contributed by atoms with Gasteiger partial charge in [0.15, 0.2) is 5.78 Å². The Labute approximate surface area is 194 Å². The van der Waals surface area contributed by atoms with Crippen LogP contribution < -0.4 is 4.90 Å². The van der Waals surface area contributed by atoms with Gasteiger partial charge in [0.25, 0.3) is 5.91 Å². The first-order chi connectivity index (χ1) is 15.9. The van der Waals surface area contributed by atoms with Crippen molar-refractivity contribution in [3.63, 3.8) is 0 Å². The molecule has 1 aliphatic heterocycles. The predicted molar refractivity (Wildman–Crippen MR) is 129 cm³/mol. The maximum Gasteiger partial charge on any atom is 0.253 e. The van der Waals surface area contributed by atoms with Crippen molar-refractivity contribution in [3.05, 3.63) is 76.6 Å². The molecule has 1 unspecified atom stereocenters. The summed E-state index contributed by atoms with van der Waals surface area (Å²) in [6.07, 6.45) is 2.31. The summed E-state index contributed by atoms with van der Waals surface area (Å²) in [5.41, 5.74) is 6.60. The average Bonchev–Trinajstić information content (AvgIpc) is 3.16. The molecule has 1 amide bonds. The van der Waals surface area contributed by atoms with Crippen LogP contribution in [-0.2, 0) is 6.42 Å². The van der Waals surface area contributed by atoms with E-state index in [1.54, 1.807) is 0 Å². The van der Waals surface area contributed by atoms with Gasteiger partial charge in [0.1, 0.15) is 0 Å². The van der Waals surface area contributed by atoms with E-state index in [4.69, 9.17) is 0 Å². The van der Waals surface area contributed by atoms with E-state index in [-0.39, 0.29) is 17.7 Å². The van der Waals surface area contributed by atoms with E-state index in [1.807, 2.05) is 40.8 Å². The number of aryl methyl sites for hydroxylation is 2. The van der Waals surface area contributed by atoms with Gasteiger partial charge in [0, 0.05) is 43.3 Å². The molecular formula is C27H30N4O2. The van der Waals surface area contributed by atoms with E-state index >= 15 is 0 Å². The standard InChI is InChI=1S/C27H30N4O2/c1-18-6-4-7-23(16-18)30-15-14-29(17-19(30)2)27(33)21-10-12-22(13-11-21)31-24-8-5-9-25(32)26(24)20(3)28-31/h4,6-7,10-13,16,19H,5,8-9,14-15,17H2,1-3H3. The molecule has 33 heavy (non-hydrogen) atoms. The largest absolute Gasteiger partial charge is 0.365 e. The molecule has 3 aromatic rings. The van der Waals surface area contributed by atoms with Gasteiger partial charge in [-0.3, -0.25) is 9.59 Å². The molecule has 0 bridgehead atoms. The number of nitrogens with zero attached hydrogens (tertiary/aromatic N) is 4. The highest BCUT2D eigenvalue weighted by Gasteiger charge is 2.28. The predicted octanol–water partition coefficient (Wildman–Crippen LogP) is 4.36. The van der Waals surface area contributed by atoms with Gasteiger partial charge in [0.05, 0.1) is 22.6 Å². The second-order valence-electron chi connectivity index (χ2n) is 9.28. The zero-order valence-corrected chi connectivity index (χ0v) is 19.5. The summed E-state index contributed by atoms with van der Waals surface area (Å²) in [7, 11) is 0. The van der Waals surface area contributed by atoms with Crippen molar-refractivity contribution < 1.29 is 9.59 Å². The Morgan fingerprint density at radius 1 is 1.00 bits per heavy atom. The fourth-order valence-electron chi connectivity index (χ4n) is 5.18. The van der Waals surface area contributed by atoms with Gasteiger partial charge in [0.2, 0.25) is 0 Å². The van der Waals surface area contributed by atoms with Crippen LogP contribution in [0.1, 0.15) is 57.4 Å². The van der Waals surface area contributed by atoms with Crippen LogP contribution >= 0.6 is 0 Å². The van der Waals surface area contributed by atoms with Crippen molar-refractivity contribution in [2.24, 2.45) is 0 Å². The third kappa shape index (κ3) is 3.94. The average molecular weight is 443 g/mol. The molecule has 2 aliphatic rings. The van der Waals surface area contributed by atoms with Crippen LogP contribution in [0.2, 0.25) is 0 Å². The second-order valence-corrected chi connectivity index (χ2v) is 9.28. The minimum atomic E-state index is 0.0612. The summed E-state index contributed by atoms with van der Waals surface area (Å²) in [5, 5.41) is 4.63. The van der Waals surface area contributed by atoms with Gasteiger partial charge in [-0.25, -0.2) is 4.68 Å². The molecule has 2 aromatic carbocycles. The summed E-state index contributed by atoms with van der Waals surface area (Å²) >= 11 is 0. The number of hydrogen-bond acceptors (Lipinski definition) is 4. The van der Waals surface area contributed by atoms with Gasteiger partial charge in [-0.1, -0.05) is 12.1 Å². The number of amides is 1. The number of hydrogen-bond donors (Lipinski definition) is 0. The van der Waals surface area contributed by atoms with Crippen molar-refractivity contribution in [3.8, 4) is 5.69 Å². The number of carbonyl (C=O) groups excluding carboxylic acids is 2. The molecule has 0 radical (unpaired) electrons. The minimum absolute atomic E-state index is 0.0612. The van der Waals surface area contributed by atoms with Gasteiger partial charge in [-0.15, -0.1) is 0 Å². The number of fused-ring (bicyclic) bond motifs is 1. The molecular weight excluding hydrogens is 412 g/mol. The van der Waals surface area contributed by atoms with Crippen molar-refractivity contribution in [2.75, 3.05) is 24.5 Å². The summed E-state index contributed by atoms with van der Waals surface area (Å²) in [5.74, 6) is 0.247. The fourth-order valence-corrected chi connectivity index (χ4v) is 5.18. The molecule has 0 saturated carbocycles. The Kier molecular flexibility index (Phi) is 5.52. The van der Waals surface area contributed by atoms with Gasteiger partial charge in [-0.2, -0.15) is 5.10 Å². The van der Waals surface area contributed by atoms with E-state index < -0.39 is 0 Å². The highest BCUT2D eigenvalue weighted by Crippen LogP contribution is 2.27. The highest BCUT2D eigenvalue weighted by atomic mass is 16.2. The van der Waals surface area contributed by atoms with Crippen molar-refractivity contribution in [1.82, 2.24) is 14.7 Å². The summed E-state index contributed by atoms with van der Waals surface area (Å²) < 4.78 is 1.87. The fraction of sp³-hybridized carbons (Fsp3) is 0.370. The SMILES string of the molecule is Cc1cccc(N2CCN(C(=O)c3ccc(-n4nc(C)c5c4CCCC5=O)cc3)CC2C)c1. The Balaban J connectivity index is 1.31. The molecule has 1 aromatic heterocycles. The lowest BCUT2D eigenvalue weighted by Gasteiger charge is -2.41. The number of rotatable bonds is 3. The lowest BCUT2D eigenvalue weighted by molar-refractivity contribution is 0.0726. The van der Waals surface area contributed by atoms with E-state index in [0.29, 0.717) is 25.1 Å². The number of anilines is 1. The number of piperazine rings is 1. The van der Waals surface area contributed by atoms with Crippen LogP contribution in [0.3, 0.4) is 0 Å². The lowest BCUT2D eigenvalue weighted by atomic mass is 9.94. The number of carbonyl (C=O) groups is 2. The Hall–Kier alpha value is -3.41. The van der Waals surface area contributed by atoms with Crippen LogP contribution in [0.15, 0.2) is 48.5 Å². The minimum Gasteiger partial charge on any atom is -0.365 e. The quantitative estimate of drug-likeness (QED) is 0.605. The third-order valence-corrected chi connectivity index (χ3v) is 6.86. The van der Waals surface area contributed by atoms with E-state index in [0.717, 1.165) is 42.0 Å². The molecule has 6 heteroatoms. The van der Waals surface area contributed by atoms with E-state index in [1.165, 1.54) is 11.3 Å². The third-order valence-electron chi connectivity index (χ3n) is 6.86. The smallest absolute Gasteiger partial charge is 0.253 e. The maximum absolute atomic E-state index is 13.2. The zero-order chi connectivity index (χ0) is 23.1. The van der Waals surface area contributed by atoms with Crippen molar-refractivity contribution >= 4 is 17.4 Å². The maximum atomic E-state index is 13.2. The summed E-state index contributed by atoms with van der Waals surface area (Å²) in [6, 6.07) is 16.4. The van der Waals surface area contributed by atoms with Crippen molar-refractivity contribution in [2.45, 2.75) is 46.1 Å². The number of ketones is 1. The van der Waals surface area contributed by atoms with E-state index in [9.17, 15) is 9.59 Å². The number of Topliss-reactive ketones (excluding diaryl/α,β-unsaturated/α-hetero) is 1. The molecule has 170 valence electrons. The normalized spacial score (nSPS) is 18.4. The van der Waals surface area contributed by atoms with Crippen LogP contribution in [0.5, 0.6) is 0 Å². The monoisotopic (exact) mass is 442 g/mol. The molecule has 2 heterocycles. The Morgan fingerprint density at radius 2 is 1.79 bits per heavy atom. The first-order valence-corrected chi connectivity index (χ1v) is 11.8. The van der Waals surface area contributed by atoms with Gasteiger partial charge in [-0.05, 0) is 75.6 Å². The van der Waals surface area contributed by atoms with Crippen LogP contribution in [0, 0.1) is 13.8 Å². The molecule has 6 nitrogen and oxygen atoms in total. The highest BCUT2D eigenvalue weighted by molar-refractivity contribution is 5.99. The van der Waals surface area contributed by atoms with Crippen LogP contribution in [0.25, 0.3) is 5.69 Å². The Morgan fingerprint density at radius 3 is 2.52 bits per heavy atom. The van der Waals surface area contributed by atoms with Crippen LogP contribution in [0.4, 0.5) is 5.69 Å². The second kappa shape index (κ2) is 8.50. The molecule has 1 atom stereocenters. The molecule has 1 aliphatic carbocycles. The zero-order valence-electron chi connectivity index (χ0n) is 19.5. The first-order valence-electron chi connectivity index (χ1n) is 11.8. The molecule has 1 fully saturated rings. The Bertz CT molecular complexity index is 1210. The van der Waals surface area contributed by atoms with Gasteiger partial charge >= 0.3 is 0 Å². The van der Waals surface area contributed by atoms with E-state index in [2.05, 4.69) is 48.1 Å². The molecule has 1 saturated heterocycles. The number of aromatic nitrogens is 2. The van der Waals surface area contributed by atoms with Crippen molar-refractivity contribution in [1.29, 1.82) is 0 Å². The molecule has 0 N–H and O–H groups in total. The molecule has 5 rings (SSSR count). The number of benzene rings is 2. The first kappa shape index (κ1) is 21.4. The van der Waals surface area contributed by atoms with Gasteiger partial charge < -0.3 is 9.80 Å². The van der Waals surface area contributed by atoms with Crippen LogP contribution in [-0.4, -0.2) is 52.0 Å². The lowest BCUT2D eigenvalue weighted by Crippen LogP contribution is -2.53. The topological polar surface area (TPSA) is 58.4 Å².